The highest BCUT2D eigenvalue weighted by atomic mass is 79.9. The maximum atomic E-state index is 11.5. The molecule has 1 aromatic rings. The van der Waals surface area contributed by atoms with Gasteiger partial charge in [0, 0.05) is 16.6 Å². The molecule has 8 heteroatoms. The van der Waals surface area contributed by atoms with Gasteiger partial charge in [0.25, 0.3) is 11.6 Å². The van der Waals surface area contributed by atoms with E-state index >= 15 is 0 Å². The van der Waals surface area contributed by atoms with Crippen LogP contribution in [0, 0.1) is 10.1 Å². The van der Waals surface area contributed by atoms with Crippen LogP contribution >= 0.6 is 15.9 Å². The lowest BCUT2D eigenvalue weighted by Gasteiger charge is -2.04. The van der Waals surface area contributed by atoms with Crippen molar-refractivity contribution < 1.29 is 19.6 Å². The van der Waals surface area contributed by atoms with Crippen molar-refractivity contribution in [2.45, 2.75) is 0 Å². The summed E-state index contributed by atoms with van der Waals surface area (Å²) in [6.45, 7) is -0.548. The van der Waals surface area contributed by atoms with Gasteiger partial charge in [-0.05, 0) is 22.0 Å². The largest absolute Gasteiger partial charge is 0.480 e. The Morgan fingerprint density at radius 1 is 1.47 bits per heavy atom. The van der Waals surface area contributed by atoms with E-state index in [4.69, 9.17) is 5.11 Å². The Balaban J connectivity index is 2.95. The first-order valence-electron chi connectivity index (χ1n) is 4.35. The highest BCUT2D eigenvalue weighted by molar-refractivity contribution is 9.10. The number of carboxylic acid groups (broad SMARTS) is 1. The van der Waals surface area contributed by atoms with Crippen LogP contribution in [0.4, 0.5) is 5.69 Å². The Morgan fingerprint density at radius 2 is 2.12 bits per heavy atom. The van der Waals surface area contributed by atoms with Crippen molar-refractivity contribution >= 4 is 33.5 Å². The molecule has 0 saturated heterocycles. The van der Waals surface area contributed by atoms with E-state index in [2.05, 4.69) is 21.2 Å². The molecule has 0 aliphatic carbocycles. The molecule has 0 aliphatic heterocycles. The van der Waals surface area contributed by atoms with Crippen LogP contribution in [0.25, 0.3) is 0 Å². The molecule has 0 fully saturated rings. The summed E-state index contributed by atoms with van der Waals surface area (Å²) >= 11 is 3.06. The van der Waals surface area contributed by atoms with Crippen LogP contribution in [0.1, 0.15) is 10.4 Å². The molecular weight excluding hydrogens is 296 g/mol. The number of nitrogens with zero attached hydrogens (tertiary/aromatic N) is 1. The summed E-state index contributed by atoms with van der Waals surface area (Å²) in [6.07, 6.45) is 0. The second kappa shape index (κ2) is 5.39. The number of carbonyl (C=O) groups excluding carboxylic acids is 1. The molecule has 0 atom stereocenters. The lowest BCUT2D eigenvalue weighted by atomic mass is 10.2. The van der Waals surface area contributed by atoms with Crippen LogP contribution in [0.3, 0.4) is 0 Å². The maximum Gasteiger partial charge on any atom is 0.322 e. The fourth-order valence-electron chi connectivity index (χ4n) is 1.05. The summed E-state index contributed by atoms with van der Waals surface area (Å²) < 4.78 is 0.353. The van der Waals surface area contributed by atoms with Gasteiger partial charge in [-0.3, -0.25) is 19.7 Å². The molecule has 0 heterocycles. The average Bonchev–Trinajstić information content (AvgIpc) is 2.26. The smallest absolute Gasteiger partial charge is 0.322 e. The summed E-state index contributed by atoms with van der Waals surface area (Å²) in [5, 5.41) is 21.0. The Labute approximate surface area is 104 Å². The Kier molecular flexibility index (Phi) is 4.16. The molecule has 0 radical (unpaired) electrons. The number of benzene rings is 1. The molecule has 2 N–H and O–H groups in total. The molecule has 1 rings (SSSR count). The highest BCUT2D eigenvalue weighted by Crippen LogP contribution is 2.22. The third-order valence-corrected chi connectivity index (χ3v) is 2.50. The topological polar surface area (TPSA) is 110 Å². The van der Waals surface area contributed by atoms with Crippen molar-refractivity contribution in [1.29, 1.82) is 0 Å². The number of nitro groups is 1. The molecule has 0 saturated carbocycles. The van der Waals surface area contributed by atoms with Gasteiger partial charge in [0.15, 0.2) is 0 Å². The van der Waals surface area contributed by atoms with E-state index in [1.807, 2.05) is 0 Å². The van der Waals surface area contributed by atoms with E-state index in [0.29, 0.717) is 4.47 Å². The average molecular weight is 303 g/mol. The van der Waals surface area contributed by atoms with Crippen LogP contribution in [-0.4, -0.2) is 28.5 Å². The molecule has 1 amide bonds. The molecule has 90 valence electrons. The van der Waals surface area contributed by atoms with E-state index in [9.17, 15) is 19.7 Å². The minimum Gasteiger partial charge on any atom is -0.480 e. The normalized spacial score (nSPS) is 9.71. The summed E-state index contributed by atoms with van der Waals surface area (Å²) in [7, 11) is 0. The number of rotatable bonds is 4. The van der Waals surface area contributed by atoms with Crippen molar-refractivity contribution in [3.63, 3.8) is 0 Å². The van der Waals surface area contributed by atoms with Gasteiger partial charge in [0.05, 0.1) is 10.5 Å². The summed E-state index contributed by atoms with van der Waals surface area (Å²) in [6, 6.07) is 3.66. The van der Waals surface area contributed by atoms with Gasteiger partial charge in [-0.15, -0.1) is 0 Å². The molecule has 0 aliphatic rings. The highest BCUT2D eigenvalue weighted by Gasteiger charge is 2.15. The molecule has 0 bridgehead atoms. The van der Waals surface area contributed by atoms with E-state index in [-0.39, 0.29) is 11.3 Å². The third-order valence-electron chi connectivity index (χ3n) is 1.81. The zero-order valence-electron chi connectivity index (χ0n) is 8.34. The van der Waals surface area contributed by atoms with Crippen molar-refractivity contribution in [1.82, 2.24) is 5.32 Å². The van der Waals surface area contributed by atoms with Crippen molar-refractivity contribution in [2.24, 2.45) is 0 Å². The molecule has 0 unspecified atom stereocenters. The first-order chi connectivity index (χ1) is 7.91. The van der Waals surface area contributed by atoms with Crippen LogP contribution in [-0.2, 0) is 4.79 Å². The van der Waals surface area contributed by atoms with Crippen LogP contribution in [0.15, 0.2) is 22.7 Å². The minimum atomic E-state index is -1.19. The molecule has 1 aromatic carbocycles. The summed E-state index contributed by atoms with van der Waals surface area (Å²) in [5.74, 6) is -1.89. The van der Waals surface area contributed by atoms with Crippen molar-refractivity contribution in [2.75, 3.05) is 6.54 Å². The van der Waals surface area contributed by atoms with Gasteiger partial charge in [-0.25, -0.2) is 0 Å². The lowest BCUT2D eigenvalue weighted by molar-refractivity contribution is -0.384. The number of nitrogens with one attached hydrogen (secondary N) is 1. The number of hydrogen-bond acceptors (Lipinski definition) is 4. The van der Waals surface area contributed by atoms with Crippen LogP contribution < -0.4 is 5.32 Å². The Hall–Kier alpha value is -1.96. The predicted octanol–water partition coefficient (Wildman–Crippen LogP) is 1.17. The fourth-order valence-corrected chi connectivity index (χ4v) is 1.48. The summed E-state index contributed by atoms with van der Waals surface area (Å²) in [5.41, 5.74) is -0.228. The van der Waals surface area contributed by atoms with Gasteiger partial charge in [0.1, 0.15) is 6.54 Å². The number of amides is 1. The van der Waals surface area contributed by atoms with E-state index in [1.54, 1.807) is 0 Å². The second-order valence-corrected chi connectivity index (χ2v) is 3.85. The fraction of sp³-hybridized carbons (Fsp3) is 0.111. The quantitative estimate of drug-likeness (QED) is 0.641. The van der Waals surface area contributed by atoms with Gasteiger partial charge in [-0.1, -0.05) is 0 Å². The van der Waals surface area contributed by atoms with Crippen molar-refractivity contribution in [3.8, 4) is 0 Å². The zero-order valence-corrected chi connectivity index (χ0v) is 9.93. The Morgan fingerprint density at radius 3 is 2.65 bits per heavy atom. The molecular formula is C9H7BrN2O5. The summed E-state index contributed by atoms with van der Waals surface area (Å²) in [4.78, 5) is 31.7. The first kappa shape index (κ1) is 13.1. The van der Waals surface area contributed by atoms with E-state index in [0.717, 1.165) is 6.07 Å². The number of non-ortho nitro benzene ring substituents is 1. The molecule has 0 aromatic heterocycles. The standard InChI is InChI=1S/C9H7BrN2O5/c10-7-2-1-5(12(16)17)3-6(7)9(15)11-4-8(13)14/h1-3H,4H2,(H,11,15)(H,13,14). The number of hydrogen-bond donors (Lipinski definition) is 2. The number of halogens is 1. The first-order valence-corrected chi connectivity index (χ1v) is 5.15. The third kappa shape index (κ3) is 3.52. The minimum absolute atomic E-state index is 0.0143. The zero-order chi connectivity index (χ0) is 13.0. The molecule has 0 spiro atoms. The molecule has 7 nitrogen and oxygen atoms in total. The molecule has 17 heavy (non-hydrogen) atoms. The number of aliphatic carboxylic acids is 1. The van der Waals surface area contributed by atoms with Crippen molar-refractivity contribution in [3.05, 3.63) is 38.3 Å². The van der Waals surface area contributed by atoms with Crippen LogP contribution in [0.2, 0.25) is 0 Å². The van der Waals surface area contributed by atoms with E-state index < -0.39 is 23.3 Å². The van der Waals surface area contributed by atoms with E-state index in [1.165, 1.54) is 12.1 Å². The SMILES string of the molecule is O=C(O)CNC(=O)c1cc([N+](=O)[O-])ccc1Br. The maximum absolute atomic E-state index is 11.5. The number of nitro benzene ring substituents is 1. The number of carbonyl (C=O) groups is 2. The predicted molar refractivity (Wildman–Crippen MR) is 60.8 cm³/mol. The van der Waals surface area contributed by atoms with Gasteiger partial charge in [0.2, 0.25) is 0 Å². The van der Waals surface area contributed by atoms with Crippen LogP contribution in [0.5, 0.6) is 0 Å². The van der Waals surface area contributed by atoms with Gasteiger partial charge in [-0.2, -0.15) is 0 Å². The second-order valence-electron chi connectivity index (χ2n) is 3.00. The number of carboxylic acids is 1. The monoisotopic (exact) mass is 302 g/mol. The lowest BCUT2D eigenvalue weighted by Crippen LogP contribution is -2.29. The van der Waals surface area contributed by atoms with Gasteiger partial charge >= 0.3 is 5.97 Å². The van der Waals surface area contributed by atoms with Gasteiger partial charge < -0.3 is 10.4 Å². The Bertz CT molecular complexity index is 488.